The highest BCUT2D eigenvalue weighted by atomic mass is 16.5. The van der Waals surface area contributed by atoms with Gasteiger partial charge < -0.3 is 20.7 Å². The fraction of sp³-hybridized carbons (Fsp3) is 0.417. The normalized spacial score (nSPS) is 23.6. The monoisotopic (exact) mass is 477 g/mol. The molecule has 0 atom stereocenters. The van der Waals surface area contributed by atoms with Gasteiger partial charge in [0.25, 0.3) is 11.8 Å². The van der Waals surface area contributed by atoms with Crippen molar-refractivity contribution in [1.82, 2.24) is 35.6 Å². The molecule has 0 unspecified atom stereocenters. The van der Waals surface area contributed by atoms with E-state index in [4.69, 9.17) is 13.9 Å². The number of ether oxygens (including phenoxy) is 1. The highest BCUT2D eigenvalue weighted by Gasteiger charge is 2.58. The summed E-state index contributed by atoms with van der Waals surface area (Å²) in [4.78, 5) is 29.9. The van der Waals surface area contributed by atoms with Crippen molar-refractivity contribution in [3.8, 4) is 17.1 Å². The average molecular weight is 478 g/mol. The van der Waals surface area contributed by atoms with E-state index in [1.54, 1.807) is 18.5 Å². The Morgan fingerprint density at radius 2 is 2.00 bits per heavy atom. The van der Waals surface area contributed by atoms with Gasteiger partial charge in [-0.05, 0) is 56.2 Å². The van der Waals surface area contributed by atoms with E-state index in [9.17, 15) is 9.59 Å². The minimum absolute atomic E-state index is 0.0149. The van der Waals surface area contributed by atoms with Gasteiger partial charge in [0.1, 0.15) is 6.33 Å². The number of carbonyl (C=O) groups excluding carboxylic acids is 2. The molecule has 7 rings (SSSR count). The van der Waals surface area contributed by atoms with Gasteiger partial charge in [-0.15, -0.1) is 10.2 Å². The van der Waals surface area contributed by atoms with Crippen molar-refractivity contribution in [2.24, 2.45) is 5.92 Å². The maximum absolute atomic E-state index is 12.7. The smallest absolute Gasteiger partial charge is 0.273 e. The Morgan fingerprint density at radius 3 is 2.69 bits per heavy atom. The SMILES string of the molecule is [2H]C([2H])([2H])NC(=O)c1nnc(C(=O)NC2CC2)cc1Nc1cccc(-c2ncn(C34CC(C3)C4)n2)c1OC. The zero-order valence-electron chi connectivity index (χ0n) is 22.0. The number of hydrogen-bond acceptors (Lipinski definition) is 8. The van der Waals surface area contributed by atoms with Crippen molar-refractivity contribution in [2.75, 3.05) is 19.4 Å². The van der Waals surface area contributed by atoms with E-state index in [2.05, 4.69) is 25.8 Å². The fourth-order valence-electron chi connectivity index (χ4n) is 4.82. The lowest BCUT2D eigenvalue weighted by Gasteiger charge is -2.61. The number of carbonyl (C=O) groups is 2. The van der Waals surface area contributed by atoms with Crippen LogP contribution in [0.2, 0.25) is 0 Å². The van der Waals surface area contributed by atoms with Crippen molar-refractivity contribution < 1.29 is 18.4 Å². The van der Waals surface area contributed by atoms with Gasteiger partial charge in [-0.25, -0.2) is 9.67 Å². The van der Waals surface area contributed by atoms with Crippen molar-refractivity contribution >= 4 is 23.2 Å². The molecule has 2 amide bonds. The van der Waals surface area contributed by atoms with Crippen LogP contribution in [-0.2, 0) is 5.54 Å². The minimum Gasteiger partial charge on any atom is -0.494 e. The molecule has 4 fully saturated rings. The van der Waals surface area contributed by atoms with Gasteiger partial charge in [-0.2, -0.15) is 5.10 Å². The van der Waals surface area contributed by atoms with Crippen LogP contribution in [-0.4, -0.2) is 56.9 Å². The first-order valence-corrected chi connectivity index (χ1v) is 11.5. The maximum Gasteiger partial charge on any atom is 0.273 e. The van der Waals surface area contributed by atoms with Crippen LogP contribution < -0.4 is 20.7 Å². The lowest BCUT2D eigenvalue weighted by molar-refractivity contribution is -0.0979. The molecule has 0 aliphatic heterocycles. The molecule has 1 aromatic carbocycles. The van der Waals surface area contributed by atoms with Crippen molar-refractivity contribution in [3.63, 3.8) is 0 Å². The van der Waals surface area contributed by atoms with Crippen LogP contribution >= 0.6 is 0 Å². The molecule has 0 spiro atoms. The quantitative estimate of drug-likeness (QED) is 0.449. The number of rotatable bonds is 8. The zero-order valence-corrected chi connectivity index (χ0v) is 19.0. The Hall–Kier alpha value is -4.02. The molecule has 3 aromatic rings. The number of nitrogens with zero attached hydrogens (tertiary/aromatic N) is 5. The highest BCUT2D eigenvalue weighted by Crippen LogP contribution is 2.62. The number of amides is 2. The minimum atomic E-state index is -2.74. The number of benzene rings is 1. The molecule has 3 N–H and O–H groups in total. The summed E-state index contributed by atoms with van der Waals surface area (Å²) in [5, 5.41) is 20.3. The van der Waals surface area contributed by atoms with E-state index in [1.165, 1.54) is 13.2 Å². The van der Waals surface area contributed by atoms with E-state index in [-0.39, 0.29) is 28.7 Å². The van der Waals surface area contributed by atoms with Crippen molar-refractivity contribution in [3.05, 3.63) is 42.0 Å². The number of anilines is 2. The lowest BCUT2D eigenvalue weighted by atomic mass is 9.50. The van der Waals surface area contributed by atoms with Crippen LogP contribution in [0.5, 0.6) is 5.75 Å². The fourth-order valence-corrected chi connectivity index (χ4v) is 4.82. The molecule has 2 aromatic heterocycles. The molecule has 11 heteroatoms. The molecule has 4 saturated carbocycles. The Morgan fingerprint density at radius 1 is 1.17 bits per heavy atom. The first kappa shape index (κ1) is 18.3. The first-order valence-electron chi connectivity index (χ1n) is 13.0. The van der Waals surface area contributed by atoms with Crippen LogP contribution in [0, 0.1) is 5.92 Å². The third kappa shape index (κ3) is 3.67. The van der Waals surface area contributed by atoms with E-state index in [0.717, 1.165) is 38.0 Å². The molecule has 0 radical (unpaired) electrons. The maximum atomic E-state index is 12.7. The van der Waals surface area contributed by atoms with Gasteiger partial charge >= 0.3 is 0 Å². The zero-order chi connectivity index (χ0) is 26.7. The molecular formula is C24H26N8O3. The predicted octanol–water partition coefficient (Wildman–Crippen LogP) is 2.25. The average Bonchev–Trinajstić information content (AvgIpc) is 3.49. The van der Waals surface area contributed by atoms with Crippen LogP contribution in [0.1, 0.15) is 57.2 Å². The molecule has 11 nitrogen and oxygen atoms in total. The summed E-state index contributed by atoms with van der Waals surface area (Å²) in [6.07, 6.45) is 6.90. The summed E-state index contributed by atoms with van der Waals surface area (Å²) >= 11 is 0. The van der Waals surface area contributed by atoms with Crippen molar-refractivity contribution in [2.45, 2.75) is 43.7 Å². The second-order valence-electron chi connectivity index (χ2n) is 9.42. The largest absolute Gasteiger partial charge is 0.494 e. The van der Waals surface area contributed by atoms with E-state index < -0.39 is 18.8 Å². The second-order valence-corrected chi connectivity index (χ2v) is 9.42. The number of aromatic nitrogens is 5. The molecule has 4 aliphatic carbocycles. The van der Waals surface area contributed by atoms with Crippen molar-refractivity contribution in [1.29, 1.82) is 0 Å². The molecule has 2 heterocycles. The Kier molecular flexibility index (Phi) is 4.21. The molecule has 4 aliphatic rings. The first-order chi connectivity index (χ1) is 18.1. The molecule has 2 bridgehead atoms. The summed E-state index contributed by atoms with van der Waals surface area (Å²) in [5.74, 6) is 0.295. The predicted molar refractivity (Wildman–Crippen MR) is 127 cm³/mol. The van der Waals surface area contributed by atoms with E-state index in [0.29, 0.717) is 22.8 Å². The van der Waals surface area contributed by atoms with Crippen LogP contribution in [0.3, 0.4) is 0 Å². The second kappa shape index (κ2) is 8.03. The summed E-state index contributed by atoms with van der Waals surface area (Å²) in [6, 6.07) is 6.78. The summed E-state index contributed by atoms with van der Waals surface area (Å²) in [7, 11) is 1.50. The van der Waals surface area contributed by atoms with Crippen LogP contribution in [0.25, 0.3) is 11.4 Å². The Balaban J connectivity index is 1.34. The summed E-state index contributed by atoms with van der Waals surface area (Å²) < 4.78 is 29.8. The number of hydrogen-bond donors (Lipinski definition) is 3. The third-order valence-corrected chi connectivity index (χ3v) is 6.98. The van der Waals surface area contributed by atoms with Gasteiger partial charge in [-0.1, -0.05) is 6.07 Å². The standard InChI is InChI=1S/C24H26N8O3/c1-25-23(34)19-17(8-18(29-30-19)22(33)27-14-6-7-14)28-16-5-3-4-15(20(16)35-2)21-26-12-32(31-21)24-9-13(10-24)11-24/h3-5,8,12-14H,6-7,9-11H2,1-2H3,(H,25,34)(H,27,33)(H,28,29)/i1D3. The van der Waals surface area contributed by atoms with Gasteiger partial charge in [0, 0.05) is 17.1 Å². The number of para-hydroxylation sites is 1. The van der Waals surface area contributed by atoms with Gasteiger partial charge in [-0.3, -0.25) is 9.59 Å². The summed E-state index contributed by atoms with van der Waals surface area (Å²) in [6.45, 7) is -2.74. The van der Waals surface area contributed by atoms with E-state index >= 15 is 0 Å². The van der Waals surface area contributed by atoms with Crippen LogP contribution in [0.4, 0.5) is 11.4 Å². The molecule has 35 heavy (non-hydrogen) atoms. The van der Waals surface area contributed by atoms with Gasteiger partial charge in [0.15, 0.2) is 23.0 Å². The molecule has 0 saturated heterocycles. The van der Waals surface area contributed by atoms with Gasteiger partial charge in [0.2, 0.25) is 0 Å². The Labute approximate surface area is 205 Å². The lowest BCUT2D eigenvalue weighted by Crippen LogP contribution is -2.59. The molecule has 180 valence electrons. The third-order valence-electron chi connectivity index (χ3n) is 6.98. The molecular weight excluding hydrogens is 448 g/mol. The van der Waals surface area contributed by atoms with E-state index in [1.807, 2.05) is 16.1 Å². The topological polar surface area (TPSA) is 136 Å². The summed E-state index contributed by atoms with van der Waals surface area (Å²) in [5.41, 5.74) is 0.942. The number of nitrogens with one attached hydrogen (secondary N) is 3. The Bertz CT molecular complexity index is 1420. The number of methoxy groups -OCH3 is 1. The highest BCUT2D eigenvalue weighted by molar-refractivity contribution is 6.00. The van der Waals surface area contributed by atoms with Gasteiger partial charge in [0.05, 0.1) is 29.6 Å². The van der Waals surface area contributed by atoms with Crippen LogP contribution in [0.15, 0.2) is 30.6 Å².